The number of ether oxygens (including phenoxy) is 2. The molecule has 0 heterocycles. The van der Waals surface area contributed by atoms with Crippen molar-refractivity contribution in [1.29, 1.82) is 0 Å². The normalized spacial score (nSPS) is 11.9. The van der Waals surface area contributed by atoms with Crippen LogP contribution in [0.1, 0.15) is 19.4 Å². The number of carbonyl (C=O) groups is 2. The third kappa shape index (κ3) is 7.11. The monoisotopic (exact) mass is 477 g/mol. The molecule has 180 valence electrons. The van der Waals surface area contributed by atoms with E-state index in [1.54, 1.807) is 62.6 Å². The number of amides is 2. The van der Waals surface area contributed by atoms with Crippen LogP contribution in [-0.2, 0) is 26.2 Å². The van der Waals surface area contributed by atoms with Gasteiger partial charge in [-0.15, -0.1) is 0 Å². The Labute approximate surface area is 195 Å². The standard InChI is InChI=1S/C23H31N3O6S/c1-6-32-21-13-9-19(10-14-21)26(33(5,29)30)16-22(27)25(17(2)23(28)24-3)15-18-7-11-20(31-4)12-8-18/h7-14,17H,6,15-16H2,1-5H3,(H,24,28)/t17-/m1/s1. The molecule has 2 aromatic rings. The Morgan fingerprint density at radius 1 is 1.03 bits per heavy atom. The molecule has 0 radical (unpaired) electrons. The van der Waals surface area contributed by atoms with Gasteiger partial charge in [0.25, 0.3) is 0 Å². The van der Waals surface area contributed by atoms with Gasteiger partial charge in [-0.2, -0.15) is 0 Å². The fraction of sp³-hybridized carbons (Fsp3) is 0.391. The predicted molar refractivity (Wildman–Crippen MR) is 127 cm³/mol. The minimum Gasteiger partial charge on any atom is -0.497 e. The number of sulfonamides is 1. The van der Waals surface area contributed by atoms with Crippen LogP contribution in [0.2, 0.25) is 0 Å². The van der Waals surface area contributed by atoms with Gasteiger partial charge in [0.05, 0.1) is 25.7 Å². The highest BCUT2D eigenvalue weighted by Gasteiger charge is 2.29. The zero-order valence-corrected chi connectivity index (χ0v) is 20.4. The first kappa shape index (κ1) is 26.0. The molecule has 9 nitrogen and oxygen atoms in total. The number of anilines is 1. The largest absolute Gasteiger partial charge is 0.497 e. The average molecular weight is 478 g/mol. The van der Waals surface area contributed by atoms with Crippen molar-refractivity contribution < 1.29 is 27.5 Å². The Morgan fingerprint density at radius 2 is 1.61 bits per heavy atom. The molecule has 0 aliphatic rings. The average Bonchev–Trinajstić information content (AvgIpc) is 2.80. The van der Waals surface area contributed by atoms with Gasteiger partial charge in [-0.05, 0) is 55.8 Å². The van der Waals surface area contributed by atoms with Gasteiger partial charge >= 0.3 is 0 Å². The van der Waals surface area contributed by atoms with E-state index in [9.17, 15) is 18.0 Å². The minimum absolute atomic E-state index is 0.123. The Bertz CT molecular complexity index is 1040. The summed E-state index contributed by atoms with van der Waals surface area (Å²) in [6, 6.07) is 12.7. The molecular weight excluding hydrogens is 446 g/mol. The van der Waals surface area contributed by atoms with Crippen LogP contribution in [0, 0.1) is 0 Å². The summed E-state index contributed by atoms with van der Waals surface area (Å²) in [6.07, 6.45) is 1.03. The first-order valence-electron chi connectivity index (χ1n) is 10.4. The molecule has 0 fully saturated rings. The molecule has 2 amide bonds. The molecule has 0 saturated heterocycles. The molecule has 1 atom stereocenters. The van der Waals surface area contributed by atoms with Gasteiger partial charge in [0.1, 0.15) is 24.1 Å². The summed E-state index contributed by atoms with van der Waals surface area (Å²) in [5, 5.41) is 2.54. The van der Waals surface area contributed by atoms with Gasteiger partial charge in [0.2, 0.25) is 21.8 Å². The van der Waals surface area contributed by atoms with Gasteiger partial charge in [-0.1, -0.05) is 12.1 Å². The van der Waals surface area contributed by atoms with Crippen molar-refractivity contribution in [1.82, 2.24) is 10.2 Å². The van der Waals surface area contributed by atoms with E-state index in [1.165, 1.54) is 11.9 Å². The van der Waals surface area contributed by atoms with Crippen LogP contribution < -0.4 is 19.1 Å². The Morgan fingerprint density at radius 3 is 2.09 bits per heavy atom. The summed E-state index contributed by atoms with van der Waals surface area (Å²) in [6.45, 7) is 3.59. The minimum atomic E-state index is -3.78. The summed E-state index contributed by atoms with van der Waals surface area (Å²) in [5.41, 5.74) is 1.10. The highest BCUT2D eigenvalue weighted by atomic mass is 32.2. The Balaban J connectivity index is 2.33. The van der Waals surface area contributed by atoms with Gasteiger partial charge in [0.15, 0.2) is 0 Å². The van der Waals surface area contributed by atoms with Gasteiger partial charge in [0, 0.05) is 13.6 Å². The first-order valence-corrected chi connectivity index (χ1v) is 12.3. The van der Waals surface area contributed by atoms with Crippen LogP contribution in [0.5, 0.6) is 11.5 Å². The Hall–Kier alpha value is -3.27. The number of carbonyl (C=O) groups excluding carboxylic acids is 2. The number of benzene rings is 2. The smallest absolute Gasteiger partial charge is 0.244 e. The molecule has 0 bridgehead atoms. The number of methoxy groups -OCH3 is 1. The summed E-state index contributed by atoms with van der Waals surface area (Å²) >= 11 is 0. The van der Waals surface area contributed by atoms with Crippen LogP contribution in [0.15, 0.2) is 48.5 Å². The maximum atomic E-state index is 13.3. The third-order valence-corrected chi connectivity index (χ3v) is 6.18. The SMILES string of the molecule is CCOc1ccc(N(CC(=O)N(Cc2ccc(OC)cc2)[C@H](C)C(=O)NC)S(C)(=O)=O)cc1. The van der Waals surface area contributed by atoms with E-state index < -0.39 is 28.5 Å². The van der Waals surface area contributed by atoms with E-state index in [0.717, 1.165) is 16.1 Å². The van der Waals surface area contributed by atoms with E-state index >= 15 is 0 Å². The summed E-state index contributed by atoms with van der Waals surface area (Å²) in [4.78, 5) is 27.0. The van der Waals surface area contributed by atoms with E-state index in [1.807, 2.05) is 6.92 Å². The fourth-order valence-corrected chi connectivity index (χ4v) is 4.06. The third-order valence-electron chi connectivity index (χ3n) is 5.04. The van der Waals surface area contributed by atoms with E-state index in [-0.39, 0.29) is 12.5 Å². The van der Waals surface area contributed by atoms with Crippen molar-refractivity contribution in [2.75, 3.05) is 37.9 Å². The van der Waals surface area contributed by atoms with Crippen molar-refractivity contribution in [2.24, 2.45) is 0 Å². The molecule has 2 aromatic carbocycles. The van der Waals surface area contributed by atoms with Crippen LogP contribution >= 0.6 is 0 Å². The summed E-state index contributed by atoms with van der Waals surface area (Å²) < 4.78 is 36.6. The second kappa shape index (κ2) is 11.6. The zero-order valence-electron chi connectivity index (χ0n) is 19.6. The number of nitrogens with zero attached hydrogens (tertiary/aromatic N) is 2. The first-order chi connectivity index (χ1) is 15.6. The highest BCUT2D eigenvalue weighted by molar-refractivity contribution is 7.92. The van der Waals surface area contributed by atoms with Crippen molar-refractivity contribution in [3.63, 3.8) is 0 Å². The second-order valence-corrected chi connectivity index (χ2v) is 9.26. The van der Waals surface area contributed by atoms with Crippen molar-refractivity contribution in [2.45, 2.75) is 26.4 Å². The summed E-state index contributed by atoms with van der Waals surface area (Å²) in [7, 11) is -0.739. The van der Waals surface area contributed by atoms with Crippen LogP contribution in [0.4, 0.5) is 5.69 Å². The summed E-state index contributed by atoms with van der Waals surface area (Å²) in [5.74, 6) is 0.384. The molecule has 1 N–H and O–H groups in total. The van der Waals surface area contributed by atoms with Crippen molar-refractivity contribution in [3.8, 4) is 11.5 Å². The molecule has 0 saturated carbocycles. The molecule has 0 aromatic heterocycles. The number of rotatable bonds is 11. The van der Waals surface area contributed by atoms with Crippen molar-refractivity contribution in [3.05, 3.63) is 54.1 Å². The molecule has 2 rings (SSSR count). The Kier molecular flexibility index (Phi) is 9.10. The molecule has 0 spiro atoms. The lowest BCUT2D eigenvalue weighted by Gasteiger charge is -2.31. The zero-order chi connectivity index (χ0) is 24.6. The van der Waals surface area contributed by atoms with E-state index in [4.69, 9.17) is 9.47 Å². The van der Waals surface area contributed by atoms with Gasteiger partial charge in [-0.3, -0.25) is 13.9 Å². The molecule has 0 aliphatic heterocycles. The molecular formula is C23H31N3O6S. The van der Waals surface area contributed by atoms with E-state index in [2.05, 4.69) is 5.32 Å². The fourth-order valence-electron chi connectivity index (χ4n) is 3.21. The lowest BCUT2D eigenvalue weighted by atomic mass is 10.1. The molecule has 10 heteroatoms. The van der Waals surface area contributed by atoms with Gasteiger partial charge < -0.3 is 19.7 Å². The topological polar surface area (TPSA) is 105 Å². The van der Waals surface area contributed by atoms with Crippen molar-refractivity contribution >= 4 is 27.5 Å². The second-order valence-electron chi connectivity index (χ2n) is 7.36. The maximum Gasteiger partial charge on any atom is 0.244 e. The lowest BCUT2D eigenvalue weighted by molar-refractivity contribution is -0.139. The molecule has 0 unspecified atom stereocenters. The van der Waals surface area contributed by atoms with Gasteiger partial charge in [-0.25, -0.2) is 8.42 Å². The molecule has 0 aliphatic carbocycles. The van der Waals surface area contributed by atoms with Crippen LogP contribution in [0.25, 0.3) is 0 Å². The number of hydrogen-bond donors (Lipinski definition) is 1. The number of hydrogen-bond acceptors (Lipinski definition) is 6. The number of nitrogens with one attached hydrogen (secondary N) is 1. The number of likely N-dealkylation sites (N-methyl/N-ethyl adjacent to an activating group) is 1. The lowest BCUT2D eigenvalue weighted by Crippen LogP contribution is -2.50. The van der Waals surface area contributed by atoms with Crippen LogP contribution in [-0.4, -0.2) is 64.7 Å². The molecule has 33 heavy (non-hydrogen) atoms. The maximum absolute atomic E-state index is 13.3. The van der Waals surface area contributed by atoms with Crippen LogP contribution in [0.3, 0.4) is 0 Å². The quantitative estimate of drug-likeness (QED) is 0.531. The predicted octanol–water partition coefficient (Wildman–Crippen LogP) is 2.02. The highest BCUT2D eigenvalue weighted by Crippen LogP contribution is 2.23. The van der Waals surface area contributed by atoms with E-state index in [0.29, 0.717) is 23.8 Å².